The second-order valence-electron chi connectivity index (χ2n) is 5.30. The van der Waals surface area contributed by atoms with E-state index in [1.54, 1.807) is 0 Å². The first-order valence-electron chi connectivity index (χ1n) is 7.13. The molecule has 1 heterocycles. The first-order chi connectivity index (χ1) is 9.60. The first kappa shape index (κ1) is 15.1. The Bertz CT molecular complexity index is 550. The van der Waals surface area contributed by atoms with Gasteiger partial charge in [-0.05, 0) is 37.5 Å². The van der Waals surface area contributed by atoms with E-state index in [0.29, 0.717) is 6.04 Å². The minimum atomic E-state index is 0.0372. The zero-order chi connectivity index (χ0) is 14.5. The molecule has 0 bridgehead atoms. The number of halogens is 1. The second kappa shape index (κ2) is 6.91. The molecule has 0 radical (unpaired) electrons. The van der Waals surface area contributed by atoms with E-state index in [9.17, 15) is 0 Å². The number of aromatic nitrogens is 2. The molecule has 2 unspecified atom stereocenters. The molecule has 0 aliphatic rings. The minimum absolute atomic E-state index is 0.0372. The van der Waals surface area contributed by atoms with Crippen LogP contribution in [0.25, 0.3) is 0 Å². The molecule has 20 heavy (non-hydrogen) atoms. The number of hydrogen-bond donors (Lipinski definition) is 1. The van der Waals surface area contributed by atoms with E-state index < -0.39 is 0 Å². The maximum atomic E-state index is 6.22. The van der Waals surface area contributed by atoms with Crippen LogP contribution in [-0.2, 0) is 12.8 Å². The van der Waals surface area contributed by atoms with E-state index in [1.165, 1.54) is 0 Å². The fourth-order valence-electron chi connectivity index (χ4n) is 2.21. The van der Waals surface area contributed by atoms with E-state index >= 15 is 0 Å². The van der Waals surface area contributed by atoms with Gasteiger partial charge in [-0.3, -0.25) is 4.68 Å². The average Bonchev–Trinajstić information content (AvgIpc) is 2.89. The van der Waals surface area contributed by atoms with Crippen molar-refractivity contribution in [2.24, 2.45) is 5.73 Å². The molecule has 2 N–H and O–H groups in total. The molecule has 3 nitrogen and oxygen atoms in total. The van der Waals surface area contributed by atoms with Crippen LogP contribution < -0.4 is 5.73 Å². The Labute approximate surface area is 125 Å². The summed E-state index contributed by atoms with van der Waals surface area (Å²) in [6.07, 6.45) is 4.66. The van der Waals surface area contributed by atoms with E-state index in [-0.39, 0.29) is 6.04 Å². The van der Waals surface area contributed by atoms with Crippen LogP contribution >= 0.6 is 11.6 Å². The Morgan fingerprint density at radius 3 is 2.70 bits per heavy atom. The number of nitrogens with two attached hydrogens (primary N) is 1. The third kappa shape index (κ3) is 3.84. The topological polar surface area (TPSA) is 43.8 Å². The van der Waals surface area contributed by atoms with E-state index in [2.05, 4.69) is 25.0 Å². The summed E-state index contributed by atoms with van der Waals surface area (Å²) in [4.78, 5) is 0. The Balaban J connectivity index is 1.96. The largest absolute Gasteiger partial charge is 0.327 e. The summed E-state index contributed by atoms with van der Waals surface area (Å²) >= 11 is 6.16. The number of rotatable bonds is 6. The molecule has 1 aromatic carbocycles. The standard InChI is InChI=1S/C16H22ClN3/c1-3-12(2)20-9-8-15(19-20)11-14(18)10-13-6-4-5-7-16(13)17/h4-9,12,14H,3,10-11,18H2,1-2H3. The van der Waals surface area contributed by atoms with Crippen molar-refractivity contribution in [3.8, 4) is 0 Å². The third-order valence-corrected chi connectivity index (χ3v) is 3.99. The maximum Gasteiger partial charge on any atom is 0.0640 e. The fraction of sp³-hybridized carbons (Fsp3) is 0.438. The van der Waals surface area contributed by atoms with Gasteiger partial charge < -0.3 is 5.73 Å². The molecule has 2 atom stereocenters. The van der Waals surface area contributed by atoms with Crippen molar-refractivity contribution in [2.75, 3.05) is 0 Å². The summed E-state index contributed by atoms with van der Waals surface area (Å²) in [5.41, 5.74) is 8.36. The Hall–Kier alpha value is -1.32. The minimum Gasteiger partial charge on any atom is -0.327 e. The predicted octanol–water partition coefficient (Wildman–Crippen LogP) is 3.62. The van der Waals surface area contributed by atoms with Crippen molar-refractivity contribution < 1.29 is 0 Å². The van der Waals surface area contributed by atoms with Gasteiger partial charge in [0.1, 0.15) is 0 Å². The Morgan fingerprint density at radius 1 is 1.25 bits per heavy atom. The normalized spacial score (nSPS) is 14.2. The summed E-state index contributed by atoms with van der Waals surface area (Å²) in [5.74, 6) is 0. The smallest absolute Gasteiger partial charge is 0.0640 e. The van der Waals surface area contributed by atoms with Crippen LogP contribution in [0.5, 0.6) is 0 Å². The van der Waals surface area contributed by atoms with E-state index in [0.717, 1.165) is 35.5 Å². The summed E-state index contributed by atoms with van der Waals surface area (Å²) in [7, 11) is 0. The molecule has 4 heteroatoms. The van der Waals surface area contributed by atoms with Gasteiger partial charge in [0.2, 0.25) is 0 Å². The molecule has 0 spiro atoms. The number of benzene rings is 1. The van der Waals surface area contributed by atoms with Crippen LogP contribution in [0.3, 0.4) is 0 Å². The van der Waals surface area contributed by atoms with Crippen molar-refractivity contribution in [1.82, 2.24) is 9.78 Å². The molecular formula is C16H22ClN3. The molecule has 0 saturated carbocycles. The van der Waals surface area contributed by atoms with Crippen molar-refractivity contribution >= 4 is 11.6 Å². The van der Waals surface area contributed by atoms with Gasteiger partial charge in [0, 0.05) is 29.7 Å². The van der Waals surface area contributed by atoms with Gasteiger partial charge in [0.25, 0.3) is 0 Å². The lowest BCUT2D eigenvalue weighted by molar-refractivity contribution is 0.471. The van der Waals surface area contributed by atoms with Gasteiger partial charge >= 0.3 is 0 Å². The molecule has 108 valence electrons. The van der Waals surface area contributed by atoms with Gasteiger partial charge in [-0.1, -0.05) is 36.7 Å². The zero-order valence-corrected chi connectivity index (χ0v) is 12.8. The predicted molar refractivity (Wildman–Crippen MR) is 84.1 cm³/mol. The lowest BCUT2D eigenvalue weighted by atomic mass is 10.0. The summed E-state index contributed by atoms with van der Waals surface area (Å²) in [6.45, 7) is 4.33. The van der Waals surface area contributed by atoms with E-state index in [4.69, 9.17) is 17.3 Å². The lowest BCUT2D eigenvalue weighted by Gasteiger charge is -2.12. The molecule has 0 amide bonds. The average molecular weight is 292 g/mol. The highest BCUT2D eigenvalue weighted by Crippen LogP contribution is 2.17. The molecule has 0 aliphatic carbocycles. The molecular weight excluding hydrogens is 270 g/mol. The van der Waals surface area contributed by atoms with E-state index in [1.807, 2.05) is 35.1 Å². The van der Waals surface area contributed by atoms with Gasteiger partial charge in [-0.15, -0.1) is 0 Å². The molecule has 0 aliphatic heterocycles. The highest BCUT2D eigenvalue weighted by molar-refractivity contribution is 6.31. The van der Waals surface area contributed by atoms with Crippen LogP contribution in [0, 0.1) is 0 Å². The highest BCUT2D eigenvalue weighted by Gasteiger charge is 2.11. The van der Waals surface area contributed by atoms with Crippen LogP contribution in [-0.4, -0.2) is 15.8 Å². The molecule has 0 saturated heterocycles. The molecule has 2 aromatic rings. The lowest BCUT2D eigenvalue weighted by Crippen LogP contribution is -2.26. The molecule has 1 aromatic heterocycles. The summed E-state index contributed by atoms with van der Waals surface area (Å²) < 4.78 is 2.01. The van der Waals surface area contributed by atoms with Gasteiger partial charge in [-0.2, -0.15) is 5.10 Å². The van der Waals surface area contributed by atoms with Crippen molar-refractivity contribution in [1.29, 1.82) is 0 Å². The molecule has 0 fully saturated rings. The van der Waals surface area contributed by atoms with Crippen LogP contribution in [0.4, 0.5) is 0 Å². The maximum absolute atomic E-state index is 6.22. The van der Waals surface area contributed by atoms with Gasteiger partial charge in [-0.25, -0.2) is 0 Å². The van der Waals surface area contributed by atoms with Crippen molar-refractivity contribution in [2.45, 2.75) is 45.2 Å². The second-order valence-corrected chi connectivity index (χ2v) is 5.71. The number of hydrogen-bond acceptors (Lipinski definition) is 2. The Kier molecular flexibility index (Phi) is 5.21. The SMILES string of the molecule is CCC(C)n1ccc(CC(N)Cc2ccccc2Cl)n1. The van der Waals surface area contributed by atoms with Crippen LogP contribution in [0.1, 0.15) is 37.6 Å². The van der Waals surface area contributed by atoms with Gasteiger partial charge in [0.05, 0.1) is 5.69 Å². The Morgan fingerprint density at radius 2 is 2.00 bits per heavy atom. The third-order valence-electron chi connectivity index (χ3n) is 3.62. The van der Waals surface area contributed by atoms with Crippen LogP contribution in [0.2, 0.25) is 5.02 Å². The quantitative estimate of drug-likeness (QED) is 0.883. The fourth-order valence-corrected chi connectivity index (χ4v) is 2.42. The summed E-state index contributed by atoms with van der Waals surface area (Å²) in [5, 5.41) is 5.37. The number of nitrogens with zero attached hydrogens (tertiary/aromatic N) is 2. The van der Waals surface area contributed by atoms with Crippen molar-refractivity contribution in [3.63, 3.8) is 0 Å². The van der Waals surface area contributed by atoms with Crippen molar-refractivity contribution in [3.05, 3.63) is 52.8 Å². The van der Waals surface area contributed by atoms with Gasteiger partial charge in [0.15, 0.2) is 0 Å². The first-order valence-corrected chi connectivity index (χ1v) is 7.51. The van der Waals surface area contributed by atoms with Crippen LogP contribution in [0.15, 0.2) is 36.5 Å². The monoisotopic (exact) mass is 291 g/mol. The highest BCUT2D eigenvalue weighted by atomic mass is 35.5. The zero-order valence-electron chi connectivity index (χ0n) is 12.1. The summed E-state index contributed by atoms with van der Waals surface area (Å²) in [6, 6.07) is 10.4. The molecule has 2 rings (SSSR count).